The fourth-order valence-corrected chi connectivity index (χ4v) is 3.32. The molecule has 0 aliphatic carbocycles. The van der Waals surface area contributed by atoms with Crippen LogP contribution in [0.4, 0.5) is 0 Å². The van der Waals surface area contributed by atoms with Crippen molar-refractivity contribution in [2.75, 3.05) is 11.5 Å². The molecular weight excluding hydrogens is 252 g/mol. The van der Waals surface area contributed by atoms with Crippen LogP contribution in [0.25, 0.3) is 0 Å². The van der Waals surface area contributed by atoms with Gasteiger partial charge in [-0.2, -0.15) is 0 Å². The van der Waals surface area contributed by atoms with Gasteiger partial charge in [-0.1, -0.05) is 48.0 Å². The highest BCUT2D eigenvalue weighted by Gasteiger charge is 2.12. The molecule has 6 heteroatoms. The third-order valence-electron chi connectivity index (χ3n) is 1.66. The highest BCUT2D eigenvalue weighted by molar-refractivity contribution is 8.23. The van der Waals surface area contributed by atoms with Gasteiger partial charge in [0, 0.05) is 23.6 Å². The minimum atomic E-state index is 0.595. The second-order valence-electron chi connectivity index (χ2n) is 3.29. The van der Waals surface area contributed by atoms with Gasteiger partial charge in [-0.25, -0.2) is 0 Å². The molecule has 2 saturated heterocycles. The molecule has 14 heavy (non-hydrogen) atoms. The molecule has 2 fully saturated rings. The summed E-state index contributed by atoms with van der Waals surface area (Å²) in [7, 11) is 0. The first kappa shape index (κ1) is 12.5. The van der Waals surface area contributed by atoms with Crippen LogP contribution in [0, 0.1) is 0 Å². The molecule has 2 aliphatic rings. The molecule has 0 radical (unpaired) electrons. The Balaban J connectivity index is 0.000000140. The van der Waals surface area contributed by atoms with Crippen LogP contribution < -0.4 is 10.6 Å². The van der Waals surface area contributed by atoms with Crippen molar-refractivity contribution in [2.45, 2.75) is 25.9 Å². The van der Waals surface area contributed by atoms with Crippen LogP contribution in [0.1, 0.15) is 13.8 Å². The summed E-state index contributed by atoms with van der Waals surface area (Å²) >= 11 is 13.1. The van der Waals surface area contributed by atoms with Crippen LogP contribution in [0.15, 0.2) is 0 Å². The number of thioether (sulfide) groups is 2. The van der Waals surface area contributed by atoms with Crippen LogP contribution in [0.5, 0.6) is 0 Å². The molecule has 2 heterocycles. The fourth-order valence-electron chi connectivity index (χ4n) is 0.970. The van der Waals surface area contributed by atoms with E-state index in [2.05, 4.69) is 24.5 Å². The summed E-state index contributed by atoms with van der Waals surface area (Å²) in [5, 5.41) is 6.22. The zero-order chi connectivity index (χ0) is 10.6. The first-order valence-corrected chi connectivity index (χ1v) is 7.23. The predicted octanol–water partition coefficient (Wildman–Crippen LogP) is 1.99. The molecule has 2 nitrogen and oxygen atoms in total. The largest absolute Gasteiger partial charge is 0.368 e. The molecule has 2 rings (SSSR count). The zero-order valence-electron chi connectivity index (χ0n) is 8.20. The highest BCUT2D eigenvalue weighted by atomic mass is 32.2. The SMILES string of the molecule is C[C@H]1CSC(=S)N1.C[C@H]1CSC(=S)N1. The third-order valence-corrected chi connectivity index (χ3v) is 4.69. The van der Waals surface area contributed by atoms with E-state index in [1.54, 1.807) is 23.5 Å². The molecule has 2 atom stereocenters. The Kier molecular flexibility index (Phi) is 5.51. The van der Waals surface area contributed by atoms with Crippen LogP contribution in [-0.2, 0) is 0 Å². The van der Waals surface area contributed by atoms with Gasteiger partial charge in [-0.3, -0.25) is 0 Å². The highest BCUT2D eigenvalue weighted by Crippen LogP contribution is 2.12. The van der Waals surface area contributed by atoms with Gasteiger partial charge in [-0.05, 0) is 13.8 Å². The first-order chi connectivity index (χ1) is 6.58. The first-order valence-electron chi connectivity index (χ1n) is 4.44. The monoisotopic (exact) mass is 266 g/mol. The van der Waals surface area contributed by atoms with E-state index in [0.717, 1.165) is 20.1 Å². The van der Waals surface area contributed by atoms with Gasteiger partial charge >= 0.3 is 0 Å². The number of nitrogens with one attached hydrogen (secondary N) is 2. The lowest BCUT2D eigenvalue weighted by Crippen LogP contribution is -2.21. The summed E-state index contributed by atoms with van der Waals surface area (Å²) in [6.07, 6.45) is 0. The minimum Gasteiger partial charge on any atom is -0.368 e. The lowest BCUT2D eigenvalue weighted by atomic mass is 10.4. The van der Waals surface area contributed by atoms with Crippen LogP contribution in [0.3, 0.4) is 0 Å². The smallest absolute Gasteiger partial charge is 0.134 e. The van der Waals surface area contributed by atoms with E-state index < -0.39 is 0 Å². The van der Waals surface area contributed by atoms with Gasteiger partial charge in [0.05, 0.1) is 0 Å². The Hall–Kier alpha value is 0.480. The molecule has 0 bridgehead atoms. The average molecular weight is 266 g/mol. The summed E-state index contributed by atoms with van der Waals surface area (Å²) in [5.74, 6) is 2.28. The Morgan fingerprint density at radius 2 is 1.36 bits per heavy atom. The van der Waals surface area contributed by atoms with Crippen molar-refractivity contribution < 1.29 is 0 Å². The van der Waals surface area contributed by atoms with Crippen LogP contribution >= 0.6 is 48.0 Å². The molecule has 0 aromatic rings. The van der Waals surface area contributed by atoms with Crippen molar-refractivity contribution in [1.82, 2.24) is 10.6 Å². The topological polar surface area (TPSA) is 24.1 Å². The standard InChI is InChI=1S/2C4H7NS2/c2*1-3-2-7-4(6)5-3/h2*3H,2H2,1H3,(H,5,6)/t2*3-/m00/s1. The Bertz CT molecular complexity index is 207. The molecule has 0 unspecified atom stereocenters. The summed E-state index contributed by atoms with van der Waals surface area (Å²) < 4.78 is 1.90. The maximum Gasteiger partial charge on any atom is 0.134 e. The summed E-state index contributed by atoms with van der Waals surface area (Å²) in [6, 6.07) is 1.19. The van der Waals surface area contributed by atoms with Crippen molar-refractivity contribution >= 4 is 56.6 Å². The maximum absolute atomic E-state index is 4.85. The summed E-state index contributed by atoms with van der Waals surface area (Å²) in [5.41, 5.74) is 0. The van der Waals surface area contributed by atoms with E-state index in [9.17, 15) is 0 Å². The van der Waals surface area contributed by atoms with Gasteiger partial charge in [0.1, 0.15) is 8.64 Å². The van der Waals surface area contributed by atoms with Gasteiger partial charge in [0.2, 0.25) is 0 Å². The van der Waals surface area contributed by atoms with Crippen LogP contribution in [0.2, 0.25) is 0 Å². The molecule has 0 aromatic heterocycles. The Morgan fingerprint density at radius 1 is 1.00 bits per heavy atom. The molecule has 2 N–H and O–H groups in total. The molecule has 0 saturated carbocycles. The van der Waals surface area contributed by atoms with Crippen molar-refractivity contribution in [1.29, 1.82) is 0 Å². The van der Waals surface area contributed by atoms with Crippen molar-refractivity contribution in [3.8, 4) is 0 Å². The average Bonchev–Trinajstić information content (AvgIpc) is 2.63. The van der Waals surface area contributed by atoms with E-state index in [4.69, 9.17) is 24.4 Å². The van der Waals surface area contributed by atoms with Gasteiger partial charge < -0.3 is 10.6 Å². The lowest BCUT2D eigenvalue weighted by Gasteiger charge is -1.96. The number of hydrogen-bond donors (Lipinski definition) is 2. The number of rotatable bonds is 0. The minimum absolute atomic E-state index is 0.595. The summed E-state index contributed by atoms with van der Waals surface area (Å²) in [6.45, 7) is 4.26. The van der Waals surface area contributed by atoms with Gasteiger partial charge in [0.15, 0.2) is 0 Å². The maximum atomic E-state index is 4.85. The molecule has 80 valence electrons. The molecule has 0 spiro atoms. The molecule has 0 aromatic carbocycles. The number of hydrogen-bond acceptors (Lipinski definition) is 4. The van der Waals surface area contributed by atoms with Crippen molar-refractivity contribution in [3.63, 3.8) is 0 Å². The Morgan fingerprint density at radius 3 is 1.43 bits per heavy atom. The van der Waals surface area contributed by atoms with E-state index >= 15 is 0 Å². The number of thiocarbonyl (C=S) groups is 2. The van der Waals surface area contributed by atoms with Crippen molar-refractivity contribution in [3.05, 3.63) is 0 Å². The van der Waals surface area contributed by atoms with Crippen molar-refractivity contribution in [2.24, 2.45) is 0 Å². The second kappa shape index (κ2) is 6.15. The van der Waals surface area contributed by atoms with Gasteiger partial charge in [-0.15, -0.1) is 0 Å². The second-order valence-corrected chi connectivity index (χ2v) is 6.68. The van der Waals surface area contributed by atoms with E-state index in [-0.39, 0.29) is 0 Å². The van der Waals surface area contributed by atoms with E-state index in [0.29, 0.717) is 12.1 Å². The molecule has 2 aliphatic heterocycles. The lowest BCUT2D eigenvalue weighted by molar-refractivity contribution is 0.773. The van der Waals surface area contributed by atoms with E-state index in [1.807, 2.05) is 0 Å². The third kappa shape index (κ3) is 4.82. The quantitative estimate of drug-likeness (QED) is 0.651. The molecular formula is C8H14N2S4. The molecule has 0 amide bonds. The van der Waals surface area contributed by atoms with Gasteiger partial charge in [0.25, 0.3) is 0 Å². The fraction of sp³-hybridized carbons (Fsp3) is 0.750. The van der Waals surface area contributed by atoms with E-state index in [1.165, 1.54) is 0 Å². The van der Waals surface area contributed by atoms with Crippen LogP contribution in [-0.4, -0.2) is 32.2 Å². The normalized spacial score (nSPS) is 30.4. The Labute approximate surface area is 104 Å². The summed E-state index contributed by atoms with van der Waals surface area (Å²) in [4.78, 5) is 0. The predicted molar refractivity (Wildman–Crippen MR) is 75.3 cm³/mol. The zero-order valence-corrected chi connectivity index (χ0v) is 11.5.